The highest BCUT2D eigenvalue weighted by Gasteiger charge is 2.28. The van der Waals surface area contributed by atoms with Crippen molar-refractivity contribution in [3.8, 4) is 0 Å². The number of carboxylic acid groups (broad SMARTS) is 1. The number of carbonyl (C=O) groups is 2. The summed E-state index contributed by atoms with van der Waals surface area (Å²) in [5.41, 5.74) is 1.53. The molecule has 1 aromatic rings. The Bertz CT molecular complexity index is 533. The van der Waals surface area contributed by atoms with Gasteiger partial charge in [0.05, 0.1) is 12.1 Å². The molecule has 5 nitrogen and oxygen atoms in total. The fourth-order valence-corrected chi connectivity index (χ4v) is 2.34. The fraction of sp³-hybridized carbons (Fsp3) is 0.429. The van der Waals surface area contributed by atoms with E-state index in [1.807, 2.05) is 0 Å². The van der Waals surface area contributed by atoms with Crippen molar-refractivity contribution in [1.82, 2.24) is 4.90 Å². The third-order valence-electron chi connectivity index (χ3n) is 3.42. The van der Waals surface area contributed by atoms with Gasteiger partial charge >= 0.3 is 12.0 Å². The van der Waals surface area contributed by atoms with E-state index in [9.17, 15) is 14.0 Å². The van der Waals surface area contributed by atoms with Crippen LogP contribution < -0.4 is 4.90 Å². The number of aliphatic carboxylic acids is 1. The molecule has 0 atom stereocenters. The van der Waals surface area contributed by atoms with Crippen LogP contribution in [-0.4, -0.2) is 41.6 Å². The number of carbonyl (C=O) groups excluding carboxylic acids is 1. The Morgan fingerprint density at radius 3 is 2.85 bits per heavy atom. The number of hydrogen-bond acceptors (Lipinski definition) is 2. The Morgan fingerprint density at radius 2 is 2.20 bits per heavy atom. The number of fused-ring (bicyclic) bond motifs is 1. The SMILES string of the molecule is CCN(CCC(=O)O)C(=O)N1CCc2ccc(F)cc21. The molecular formula is C14H17FN2O3. The van der Waals surface area contributed by atoms with Crippen molar-refractivity contribution in [3.63, 3.8) is 0 Å². The van der Waals surface area contributed by atoms with E-state index in [0.29, 0.717) is 25.2 Å². The van der Waals surface area contributed by atoms with E-state index in [1.54, 1.807) is 13.0 Å². The molecule has 20 heavy (non-hydrogen) atoms. The van der Waals surface area contributed by atoms with Crippen LogP contribution in [0, 0.1) is 5.82 Å². The number of halogens is 1. The second-order valence-electron chi connectivity index (χ2n) is 4.68. The molecule has 0 aliphatic carbocycles. The van der Waals surface area contributed by atoms with Crippen LogP contribution >= 0.6 is 0 Å². The first-order valence-corrected chi connectivity index (χ1v) is 6.59. The number of benzene rings is 1. The molecule has 0 radical (unpaired) electrons. The van der Waals surface area contributed by atoms with Crippen LogP contribution in [0.3, 0.4) is 0 Å². The zero-order valence-electron chi connectivity index (χ0n) is 11.3. The lowest BCUT2D eigenvalue weighted by Gasteiger charge is -2.27. The summed E-state index contributed by atoms with van der Waals surface area (Å²) in [5.74, 6) is -1.32. The Labute approximate surface area is 116 Å². The quantitative estimate of drug-likeness (QED) is 0.918. The maximum Gasteiger partial charge on any atom is 0.324 e. The number of rotatable bonds is 4. The number of carboxylic acids is 1. The van der Waals surface area contributed by atoms with E-state index in [-0.39, 0.29) is 24.8 Å². The minimum Gasteiger partial charge on any atom is -0.481 e. The number of amides is 2. The number of anilines is 1. The number of hydrogen-bond donors (Lipinski definition) is 1. The van der Waals surface area contributed by atoms with E-state index >= 15 is 0 Å². The Hall–Kier alpha value is -2.11. The summed E-state index contributed by atoms with van der Waals surface area (Å²) in [6.45, 7) is 2.88. The summed E-state index contributed by atoms with van der Waals surface area (Å²) in [4.78, 5) is 26.0. The molecule has 0 unspecified atom stereocenters. The van der Waals surface area contributed by atoms with Crippen LogP contribution in [0.25, 0.3) is 0 Å². The molecule has 0 aromatic heterocycles. The van der Waals surface area contributed by atoms with Gasteiger partial charge < -0.3 is 10.0 Å². The van der Waals surface area contributed by atoms with Gasteiger partial charge in [-0.1, -0.05) is 6.07 Å². The molecule has 0 bridgehead atoms. The Balaban J connectivity index is 2.14. The number of nitrogens with zero attached hydrogens (tertiary/aromatic N) is 2. The van der Waals surface area contributed by atoms with Crippen molar-refractivity contribution in [2.45, 2.75) is 19.8 Å². The topological polar surface area (TPSA) is 60.9 Å². The normalized spacial score (nSPS) is 13.2. The predicted molar refractivity (Wildman–Crippen MR) is 72.3 cm³/mol. The highest BCUT2D eigenvalue weighted by Crippen LogP contribution is 2.29. The Morgan fingerprint density at radius 1 is 1.45 bits per heavy atom. The minimum atomic E-state index is -0.941. The summed E-state index contributed by atoms with van der Waals surface area (Å²) in [7, 11) is 0. The monoisotopic (exact) mass is 280 g/mol. The van der Waals surface area contributed by atoms with Gasteiger partial charge in [-0.2, -0.15) is 0 Å². The van der Waals surface area contributed by atoms with Crippen LogP contribution in [0.2, 0.25) is 0 Å². The second kappa shape index (κ2) is 5.90. The van der Waals surface area contributed by atoms with E-state index in [1.165, 1.54) is 21.9 Å². The van der Waals surface area contributed by atoms with Crippen LogP contribution in [0.4, 0.5) is 14.9 Å². The average Bonchev–Trinajstić information content (AvgIpc) is 2.81. The fourth-order valence-electron chi connectivity index (χ4n) is 2.34. The lowest BCUT2D eigenvalue weighted by atomic mass is 10.2. The maximum atomic E-state index is 13.3. The molecule has 2 rings (SSSR count). The molecule has 1 heterocycles. The molecule has 1 N–H and O–H groups in total. The molecule has 0 spiro atoms. The van der Waals surface area contributed by atoms with Crippen molar-refractivity contribution < 1.29 is 19.1 Å². The van der Waals surface area contributed by atoms with Gasteiger partial charge in [-0.25, -0.2) is 9.18 Å². The summed E-state index contributed by atoms with van der Waals surface area (Å²) in [6, 6.07) is 4.16. The van der Waals surface area contributed by atoms with Gasteiger partial charge in [0.1, 0.15) is 5.82 Å². The van der Waals surface area contributed by atoms with Crippen LogP contribution in [-0.2, 0) is 11.2 Å². The van der Waals surface area contributed by atoms with Gasteiger partial charge in [0.2, 0.25) is 0 Å². The van der Waals surface area contributed by atoms with E-state index in [0.717, 1.165) is 5.56 Å². The van der Waals surface area contributed by atoms with Gasteiger partial charge in [0.15, 0.2) is 0 Å². The van der Waals surface area contributed by atoms with E-state index in [4.69, 9.17) is 5.11 Å². The molecule has 1 aliphatic rings. The van der Waals surface area contributed by atoms with Crippen LogP contribution in [0.15, 0.2) is 18.2 Å². The molecule has 108 valence electrons. The molecule has 6 heteroatoms. The third-order valence-corrected chi connectivity index (χ3v) is 3.42. The van der Waals surface area contributed by atoms with Crippen molar-refractivity contribution >= 4 is 17.7 Å². The average molecular weight is 280 g/mol. The zero-order valence-corrected chi connectivity index (χ0v) is 11.3. The second-order valence-corrected chi connectivity index (χ2v) is 4.68. The van der Waals surface area contributed by atoms with Gasteiger partial charge in [-0.15, -0.1) is 0 Å². The first-order chi connectivity index (χ1) is 9.52. The highest BCUT2D eigenvalue weighted by atomic mass is 19.1. The molecule has 1 aromatic carbocycles. The lowest BCUT2D eigenvalue weighted by Crippen LogP contribution is -2.43. The molecule has 0 fully saturated rings. The van der Waals surface area contributed by atoms with Crippen LogP contribution in [0.1, 0.15) is 18.9 Å². The zero-order chi connectivity index (χ0) is 14.7. The van der Waals surface area contributed by atoms with E-state index < -0.39 is 5.97 Å². The molecule has 0 saturated heterocycles. The van der Waals surface area contributed by atoms with Crippen molar-refractivity contribution in [1.29, 1.82) is 0 Å². The summed E-state index contributed by atoms with van der Waals surface area (Å²) in [6.07, 6.45) is 0.598. The lowest BCUT2D eigenvalue weighted by molar-refractivity contribution is -0.137. The van der Waals surface area contributed by atoms with Crippen molar-refractivity contribution in [3.05, 3.63) is 29.6 Å². The third kappa shape index (κ3) is 2.89. The van der Waals surface area contributed by atoms with Crippen molar-refractivity contribution in [2.24, 2.45) is 0 Å². The van der Waals surface area contributed by atoms with Gasteiger partial charge in [-0.05, 0) is 31.0 Å². The smallest absolute Gasteiger partial charge is 0.324 e. The maximum absolute atomic E-state index is 13.3. The molecule has 2 amide bonds. The van der Waals surface area contributed by atoms with Gasteiger partial charge in [-0.3, -0.25) is 9.69 Å². The molecule has 1 aliphatic heterocycles. The Kier molecular flexibility index (Phi) is 4.22. The standard InChI is InChI=1S/C14H17FN2O3/c1-2-16(7-6-13(18)19)14(20)17-8-5-10-3-4-11(15)9-12(10)17/h3-4,9H,2,5-8H2,1H3,(H,18,19). The number of urea groups is 1. The molecular weight excluding hydrogens is 263 g/mol. The van der Waals surface area contributed by atoms with Gasteiger partial charge in [0, 0.05) is 19.6 Å². The van der Waals surface area contributed by atoms with Crippen molar-refractivity contribution in [2.75, 3.05) is 24.5 Å². The van der Waals surface area contributed by atoms with Gasteiger partial charge in [0.25, 0.3) is 0 Å². The summed E-state index contributed by atoms with van der Waals surface area (Å²) in [5, 5.41) is 8.70. The largest absolute Gasteiger partial charge is 0.481 e. The van der Waals surface area contributed by atoms with E-state index in [2.05, 4.69) is 0 Å². The summed E-state index contributed by atoms with van der Waals surface area (Å²) >= 11 is 0. The molecule has 0 saturated carbocycles. The summed E-state index contributed by atoms with van der Waals surface area (Å²) < 4.78 is 13.3. The first-order valence-electron chi connectivity index (χ1n) is 6.59. The first kappa shape index (κ1) is 14.3. The highest BCUT2D eigenvalue weighted by molar-refractivity contribution is 5.94. The van der Waals surface area contributed by atoms with Crippen LogP contribution in [0.5, 0.6) is 0 Å². The predicted octanol–water partition coefficient (Wildman–Crippen LogP) is 2.10. The minimum absolute atomic E-state index is 0.0938.